The molecule has 0 spiro atoms. The molecule has 0 bridgehead atoms. The van der Waals surface area contributed by atoms with Gasteiger partial charge in [-0.25, -0.2) is 8.42 Å². The molecule has 1 aromatic carbocycles. The molecular weight excluding hydrogens is 336 g/mol. The number of benzene rings is 1. The fourth-order valence-corrected chi connectivity index (χ4v) is 4.19. The molecule has 0 unspecified atom stereocenters. The smallest absolute Gasteiger partial charge is 0.241 e. The molecule has 0 fully saturated rings. The molecule has 0 aliphatic heterocycles. The number of anilines is 1. The number of hydrogen-bond donors (Lipinski definition) is 1. The van der Waals surface area contributed by atoms with Gasteiger partial charge in [-0.05, 0) is 56.7 Å². The van der Waals surface area contributed by atoms with Gasteiger partial charge in [0.05, 0.1) is 11.9 Å². The Balaban J connectivity index is 3.05. The average Bonchev–Trinajstić information content (AvgIpc) is 2.34. The van der Waals surface area contributed by atoms with Gasteiger partial charge in [0.25, 0.3) is 0 Å². The summed E-state index contributed by atoms with van der Waals surface area (Å²) in [6.07, 6.45) is 1.91. The molecule has 0 aliphatic rings. The Hall–Kier alpha value is -1.56. The normalized spacial score (nSPS) is 12.8. The Morgan fingerprint density at radius 2 is 1.68 bits per heavy atom. The molecular formula is C19H32N2O3S. The van der Waals surface area contributed by atoms with E-state index >= 15 is 0 Å². The number of hydrogen-bond acceptors (Lipinski definition) is 3. The molecule has 1 aromatic rings. The van der Waals surface area contributed by atoms with Crippen LogP contribution in [0.3, 0.4) is 0 Å². The maximum Gasteiger partial charge on any atom is 0.241 e. The third-order valence-electron chi connectivity index (χ3n) is 3.77. The fourth-order valence-electron chi connectivity index (χ4n) is 3.29. The van der Waals surface area contributed by atoms with E-state index < -0.39 is 15.6 Å². The molecule has 25 heavy (non-hydrogen) atoms. The van der Waals surface area contributed by atoms with Crippen molar-refractivity contribution in [1.82, 2.24) is 5.32 Å². The number of rotatable bonds is 6. The number of amides is 1. The minimum Gasteiger partial charge on any atom is -0.350 e. The second kappa shape index (κ2) is 7.36. The highest BCUT2D eigenvalue weighted by Crippen LogP contribution is 2.27. The first-order chi connectivity index (χ1) is 11.1. The van der Waals surface area contributed by atoms with Crippen LogP contribution in [0.25, 0.3) is 0 Å². The summed E-state index contributed by atoms with van der Waals surface area (Å²) in [5.41, 5.74) is 1.95. The van der Waals surface area contributed by atoms with E-state index in [0.717, 1.165) is 23.8 Å². The molecule has 1 N–H and O–H groups in total. The van der Waals surface area contributed by atoms with E-state index in [1.165, 1.54) is 4.31 Å². The van der Waals surface area contributed by atoms with Gasteiger partial charge in [0.2, 0.25) is 15.9 Å². The standard InChI is InChI=1S/C19H32N2O3S/c1-14-9-10-15(2)16(11-14)21(25(8,23)24)12-17(22)20-19(6,7)13-18(3,4)5/h9-11H,12-13H2,1-8H3,(H,20,22). The zero-order valence-electron chi connectivity index (χ0n) is 16.7. The van der Waals surface area contributed by atoms with Crippen LogP contribution < -0.4 is 9.62 Å². The molecule has 0 saturated carbocycles. The van der Waals surface area contributed by atoms with Crippen molar-refractivity contribution >= 4 is 21.6 Å². The van der Waals surface area contributed by atoms with Crippen LogP contribution >= 0.6 is 0 Å². The van der Waals surface area contributed by atoms with Crippen molar-refractivity contribution < 1.29 is 13.2 Å². The zero-order chi connectivity index (χ0) is 19.6. The maximum atomic E-state index is 12.6. The largest absolute Gasteiger partial charge is 0.350 e. The number of sulfonamides is 1. The lowest BCUT2D eigenvalue weighted by atomic mass is 9.82. The molecule has 0 aromatic heterocycles. The average molecular weight is 369 g/mol. The molecule has 0 atom stereocenters. The summed E-state index contributed by atoms with van der Waals surface area (Å²) in [6.45, 7) is 13.8. The van der Waals surface area contributed by atoms with Crippen LogP contribution in [-0.2, 0) is 14.8 Å². The molecule has 0 heterocycles. The highest BCUT2D eigenvalue weighted by Gasteiger charge is 2.29. The first-order valence-electron chi connectivity index (χ1n) is 8.47. The summed E-state index contributed by atoms with van der Waals surface area (Å²) in [5.74, 6) is -0.305. The quantitative estimate of drug-likeness (QED) is 0.837. The van der Waals surface area contributed by atoms with Gasteiger partial charge in [-0.3, -0.25) is 9.10 Å². The van der Waals surface area contributed by atoms with Gasteiger partial charge in [-0.1, -0.05) is 32.9 Å². The molecule has 0 radical (unpaired) electrons. The van der Waals surface area contributed by atoms with Gasteiger partial charge < -0.3 is 5.32 Å². The van der Waals surface area contributed by atoms with Gasteiger partial charge in [-0.2, -0.15) is 0 Å². The maximum absolute atomic E-state index is 12.6. The van der Waals surface area contributed by atoms with E-state index in [4.69, 9.17) is 0 Å². The van der Waals surface area contributed by atoms with Gasteiger partial charge in [-0.15, -0.1) is 0 Å². The zero-order valence-corrected chi connectivity index (χ0v) is 17.5. The highest BCUT2D eigenvalue weighted by molar-refractivity contribution is 7.92. The van der Waals surface area contributed by atoms with Crippen molar-refractivity contribution in [3.8, 4) is 0 Å². The van der Waals surface area contributed by atoms with Crippen molar-refractivity contribution in [2.75, 3.05) is 17.1 Å². The van der Waals surface area contributed by atoms with Gasteiger partial charge in [0, 0.05) is 5.54 Å². The minimum atomic E-state index is -3.57. The Morgan fingerprint density at radius 3 is 2.16 bits per heavy atom. The van der Waals surface area contributed by atoms with Crippen molar-refractivity contribution in [2.45, 2.75) is 60.4 Å². The molecule has 0 aliphatic carbocycles. The summed E-state index contributed by atoms with van der Waals surface area (Å²) in [6, 6.07) is 5.58. The molecule has 5 nitrogen and oxygen atoms in total. The first-order valence-corrected chi connectivity index (χ1v) is 10.3. The monoisotopic (exact) mass is 368 g/mol. The SMILES string of the molecule is Cc1ccc(C)c(N(CC(=O)NC(C)(C)CC(C)(C)C)S(C)(=O)=O)c1. The van der Waals surface area contributed by atoms with Gasteiger partial charge in [0.1, 0.15) is 6.54 Å². The van der Waals surface area contributed by atoms with Crippen molar-refractivity contribution in [2.24, 2.45) is 5.41 Å². The van der Waals surface area contributed by atoms with Crippen molar-refractivity contribution in [1.29, 1.82) is 0 Å². The summed E-state index contributed by atoms with van der Waals surface area (Å²) in [5, 5.41) is 2.97. The Morgan fingerprint density at radius 1 is 1.12 bits per heavy atom. The van der Waals surface area contributed by atoms with E-state index in [1.807, 2.05) is 39.8 Å². The number of carbonyl (C=O) groups is 1. The lowest BCUT2D eigenvalue weighted by Gasteiger charge is -2.34. The van der Waals surface area contributed by atoms with Gasteiger partial charge >= 0.3 is 0 Å². The van der Waals surface area contributed by atoms with Gasteiger partial charge in [0.15, 0.2) is 0 Å². The Kier molecular flexibility index (Phi) is 6.32. The van der Waals surface area contributed by atoms with Crippen LogP contribution in [0.1, 0.15) is 52.2 Å². The molecule has 1 rings (SSSR count). The van der Waals surface area contributed by atoms with E-state index in [1.54, 1.807) is 6.07 Å². The third kappa shape index (κ3) is 7.06. The number of nitrogens with zero attached hydrogens (tertiary/aromatic N) is 1. The van der Waals surface area contributed by atoms with Crippen molar-refractivity contribution in [3.05, 3.63) is 29.3 Å². The van der Waals surface area contributed by atoms with Crippen LogP contribution in [-0.4, -0.2) is 32.7 Å². The molecule has 6 heteroatoms. The van der Waals surface area contributed by atoms with Crippen LogP contribution in [0.15, 0.2) is 18.2 Å². The summed E-state index contributed by atoms with van der Waals surface area (Å²) < 4.78 is 25.7. The predicted octanol–water partition coefficient (Wildman–Crippen LogP) is 3.40. The van der Waals surface area contributed by atoms with Crippen molar-refractivity contribution in [3.63, 3.8) is 0 Å². The second-order valence-corrected chi connectivity index (χ2v) is 10.6. The number of nitrogens with one attached hydrogen (secondary N) is 1. The third-order valence-corrected chi connectivity index (χ3v) is 4.90. The van der Waals surface area contributed by atoms with E-state index in [0.29, 0.717) is 5.69 Å². The van der Waals surface area contributed by atoms with Crippen LogP contribution in [0, 0.1) is 19.3 Å². The molecule has 1 amide bonds. The van der Waals surface area contributed by atoms with Crippen LogP contribution in [0.5, 0.6) is 0 Å². The fraction of sp³-hybridized carbons (Fsp3) is 0.632. The summed E-state index contributed by atoms with van der Waals surface area (Å²) in [4.78, 5) is 12.6. The minimum absolute atomic E-state index is 0.0560. The lowest BCUT2D eigenvalue weighted by Crippen LogP contribution is -2.50. The number of carbonyl (C=O) groups excluding carboxylic acids is 1. The Labute approximate surface area is 152 Å². The van der Waals surface area contributed by atoms with Crippen LogP contribution in [0.4, 0.5) is 5.69 Å². The summed E-state index contributed by atoms with van der Waals surface area (Å²) in [7, 11) is -3.57. The molecule has 0 saturated heterocycles. The second-order valence-electron chi connectivity index (χ2n) is 8.73. The van der Waals surface area contributed by atoms with E-state index in [9.17, 15) is 13.2 Å². The highest BCUT2D eigenvalue weighted by atomic mass is 32.2. The topological polar surface area (TPSA) is 66.5 Å². The van der Waals surface area contributed by atoms with E-state index in [2.05, 4.69) is 26.1 Å². The Bertz CT molecular complexity index is 732. The predicted molar refractivity (Wildman–Crippen MR) is 104 cm³/mol. The van der Waals surface area contributed by atoms with E-state index in [-0.39, 0.29) is 17.9 Å². The lowest BCUT2D eigenvalue weighted by molar-refractivity contribution is -0.121. The number of aryl methyl sites for hydroxylation is 2. The molecule has 142 valence electrons. The van der Waals surface area contributed by atoms with Crippen LogP contribution in [0.2, 0.25) is 0 Å². The first kappa shape index (κ1) is 21.5. The summed E-state index contributed by atoms with van der Waals surface area (Å²) >= 11 is 0.